The molecule has 6 rings (SSSR count). The average molecular weight is 627 g/mol. The highest BCUT2D eigenvalue weighted by Gasteiger charge is 2.27. The number of carbonyl (C=O) groups is 1. The van der Waals surface area contributed by atoms with Crippen molar-refractivity contribution in [3.63, 3.8) is 0 Å². The van der Waals surface area contributed by atoms with Crippen LogP contribution in [-0.2, 0) is 4.74 Å². The topological polar surface area (TPSA) is 149 Å². The van der Waals surface area contributed by atoms with Crippen LogP contribution in [0.15, 0.2) is 53.6 Å². The molecule has 1 aliphatic carbocycles. The number of ether oxygens (including phenoxy) is 1. The zero-order chi connectivity index (χ0) is 32.6. The minimum absolute atomic E-state index is 0.0241. The molecule has 3 aromatic heterocycles. The quantitative estimate of drug-likeness (QED) is 0.200. The summed E-state index contributed by atoms with van der Waals surface area (Å²) in [7, 11) is 0. The molecule has 1 aromatic carbocycles. The number of hydrogen-bond donors (Lipinski definition) is 1. The molecule has 1 aliphatic heterocycles. The molecule has 1 N–H and O–H groups in total. The summed E-state index contributed by atoms with van der Waals surface area (Å²) in [4.78, 5) is 55.4. The number of benzene rings is 1. The van der Waals surface area contributed by atoms with Gasteiger partial charge in [-0.2, -0.15) is 4.98 Å². The molecule has 0 radical (unpaired) electrons. The first kappa shape index (κ1) is 30.9. The van der Waals surface area contributed by atoms with Crippen LogP contribution in [0, 0.1) is 17.0 Å². The molecule has 0 atom stereocenters. The van der Waals surface area contributed by atoms with Crippen LogP contribution in [0.3, 0.4) is 0 Å². The average Bonchev–Trinajstić information content (AvgIpc) is 3.55. The van der Waals surface area contributed by atoms with Crippen LogP contribution in [0.2, 0.25) is 0 Å². The molecule has 0 unspecified atom stereocenters. The molecule has 1 amide bonds. The summed E-state index contributed by atoms with van der Waals surface area (Å²) in [5.41, 5.74) is 2.26. The van der Waals surface area contributed by atoms with Gasteiger partial charge < -0.3 is 19.9 Å². The largest absolute Gasteiger partial charge is 0.444 e. The van der Waals surface area contributed by atoms with E-state index < -0.39 is 10.5 Å². The Hall–Kier alpha value is -5.07. The summed E-state index contributed by atoms with van der Waals surface area (Å²) in [6, 6.07) is 9.99. The molecule has 4 heterocycles. The first-order valence-corrected chi connectivity index (χ1v) is 15.6. The predicted molar refractivity (Wildman–Crippen MR) is 176 cm³/mol. The highest BCUT2D eigenvalue weighted by atomic mass is 16.6. The number of fused-ring (bicyclic) bond motifs is 1. The van der Waals surface area contributed by atoms with E-state index in [1.165, 1.54) is 12.1 Å². The van der Waals surface area contributed by atoms with Crippen LogP contribution >= 0.6 is 0 Å². The number of nitrogens with zero attached hydrogens (tertiary/aromatic N) is 7. The number of carbonyl (C=O) groups excluding carboxylic acids is 1. The number of aromatic nitrogens is 4. The molecule has 13 nitrogen and oxygen atoms in total. The fraction of sp³-hybridized carbons (Fsp3) is 0.424. The van der Waals surface area contributed by atoms with Crippen molar-refractivity contribution in [3.8, 4) is 11.1 Å². The maximum absolute atomic E-state index is 14.1. The standard InChI is InChI=1S/C33H38N8O5/c1-21-26-20-35-31(36-27-13-12-25(19-34-27)38-14-16-39(17-15-38)32(43)46-33(2,3)4)37-29(26)40(23-9-5-6-10-23)30(42)28(21)22-8-7-11-24(18-22)41(44)45/h7-8,11-13,18-20,23H,5-6,9-10,14-17H2,1-4H3,(H,34,35,36,37). The molecule has 1 saturated carbocycles. The second-order valence-electron chi connectivity index (χ2n) is 12.8. The van der Waals surface area contributed by atoms with E-state index in [1.807, 2.05) is 39.8 Å². The Labute approximate surface area is 266 Å². The molecule has 0 bridgehead atoms. The van der Waals surface area contributed by atoms with Gasteiger partial charge in [0, 0.05) is 55.9 Å². The Morgan fingerprint density at radius 2 is 1.78 bits per heavy atom. The molecular weight excluding hydrogens is 588 g/mol. The lowest BCUT2D eigenvalue weighted by molar-refractivity contribution is -0.384. The second-order valence-corrected chi connectivity index (χ2v) is 12.8. The number of piperazine rings is 1. The third-order valence-electron chi connectivity index (χ3n) is 8.53. The summed E-state index contributed by atoms with van der Waals surface area (Å²) in [6.45, 7) is 9.87. The molecule has 2 fully saturated rings. The lowest BCUT2D eigenvalue weighted by atomic mass is 9.99. The lowest BCUT2D eigenvalue weighted by Crippen LogP contribution is -2.50. The van der Waals surface area contributed by atoms with Gasteiger partial charge in [0.05, 0.1) is 22.4 Å². The number of hydrogen-bond acceptors (Lipinski definition) is 10. The monoisotopic (exact) mass is 626 g/mol. The molecule has 13 heteroatoms. The molecular formula is C33H38N8O5. The van der Waals surface area contributed by atoms with Gasteiger partial charge >= 0.3 is 6.09 Å². The summed E-state index contributed by atoms with van der Waals surface area (Å²) >= 11 is 0. The molecule has 240 valence electrons. The first-order valence-electron chi connectivity index (χ1n) is 15.6. The van der Waals surface area contributed by atoms with Gasteiger partial charge in [-0.25, -0.2) is 14.8 Å². The van der Waals surface area contributed by atoms with Gasteiger partial charge in [0.25, 0.3) is 11.2 Å². The summed E-state index contributed by atoms with van der Waals surface area (Å²) in [5, 5.41) is 15.4. The van der Waals surface area contributed by atoms with Crippen molar-refractivity contribution >= 4 is 40.3 Å². The van der Waals surface area contributed by atoms with Crippen LogP contribution < -0.4 is 15.8 Å². The smallest absolute Gasteiger partial charge is 0.410 e. The lowest BCUT2D eigenvalue weighted by Gasteiger charge is -2.36. The minimum Gasteiger partial charge on any atom is -0.444 e. The van der Waals surface area contributed by atoms with Gasteiger partial charge in [0.1, 0.15) is 17.1 Å². The summed E-state index contributed by atoms with van der Waals surface area (Å²) < 4.78 is 7.25. The molecule has 1 saturated heterocycles. The highest BCUT2D eigenvalue weighted by Crippen LogP contribution is 2.34. The van der Waals surface area contributed by atoms with Gasteiger partial charge in [-0.15, -0.1) is 0 Å². The van der Waals surface area contributed by atoms with E-state index in [0.717, 1.165) is 31.4 Å². The number of nitro groups is 1. The van der Waals surface area contributed by atoms with Crippen molar-refractivity contribution in [2.75, 3.05) is 36.4 Å². The van der Waals surface area contributed by atoms with Gasteiger partial charge in [-0.1, -0.05) is 25.0 Å². The van der Waals surface area contributed by atoms with E-state index in [1.54, 1.807) is 34.0 Å². The number of nitro benzene ring substituents is 1. The van der Waals surface area contributed by atoms with E-state index in [-0.39, 0.29) is 23.4 Å². The van der Waals surface area contributed by atoms with E-state index >= 15 is 0 Å². The van der Waals surface area contributed by atoms with E-state index in [9.17, 15) is 19.7 Å². The van der Waals surface area contributed by atoms with Gasteiger partial charge in [0.2, 0.25) is 5.95 Å². The Kier molecular flexibility index (Phi) is 8.32. The van der Waals surface area contributed by atoms with Crippen molar-refractivity contribution in [2.24, 2.45) is 0 Å². The first-order chi connectivity index (χ1) is 22.0. The fourth-order valence-corrected chi connectivity index (χ4v) is 6.24. The molecule has 2 aliphatic rings. The zero-order valence-corrected chi connectivity index (χ0v) is 26.5. The number of non-ortho nitro benzene ring substituents is 1. The normalized spacial score (nSPS) is 15.7. The molecule has 0 spiro atoms. The number of pyridine rings is 2. The Morgan fingerprint density at radius 1 is 1.04 bits per heavy atom. The van der Waals surface area contributed by atoms with Crippen molar-refractivity contribution in [1.29, 1.82) is 0 Å². The van der Waals surface area contributed by atoms with Crippen LogP contribution in [0.25, 0.3) is 22.2 Å². The Balaban J connectivity index is 1.25. The van der Waals surface area contributed by atoms with Crippen LogP contribution in [-0.4, -0.2) is 67.2 Å². The van der Waals surface area contributed by atoms with Crippen molar-refractivity contribution in [3.05, 3.63) is 74.8 Å². The maximum atomic E-state index is 14.1. The van der Waals surface area contributed by atoms with Crippen LogP contribution in [0.1, 0.15) is 58.1 Å². The maximum Gasteiger partial charge on any atom is 0.410 e. The number of amides is 1. The number of rotatable bonds is 6. The molecule has 4 aromatic rings. The zero-order valence-electron chi connectivity index (χ0n) is 26.5. The predicted octanol–water partition coefficient (Wildman–Crippen LogP) is 5.99. The van der Waals surface area contributed by atoms with Crippen molar-refractivity contribution in [1.82, 2.24) is 24.4 Å². The van der Waals surface area contributed by atoms with Gasteiger partial charge in [-0.05, 0) is 63.8 Å². The highest BCUT2D eigenvalue weighted by molar-refractivity contribution is 5.87. The SMILES string of the molecule is Cc1c(-c2cccc([N+](=O)[O-])c2)c(=O)n(C2CCCC2)c2nc(Nc3ccc(N4CCN(C(=O)OC(C)(C)C)CC4)cn3)ncc12. The third kappa shape index (κ3) is 6.35. The van der Waals surface area contributed by atoms with Gasteiger partial charge in [0.15, 0.2) is 0 Å². The van der Waals surface area contributed by atoms with Crippen LogP contribution in [0.5, 0.6) is 0 Å². The summed E-state index contributed by atoms with van der Waals surface area (Å²) in [5.74, 6) is 0.863. The Bertz CT molecular complexity index is 1840. The number of nitrogens with one attached hydrogen (secondary N) is 1. The van der Waals surface area contributed by atoms with Crippen LogP contribution in [0.4, 0.5) is 27.9 Å². The van der Waals surface area contributed by atoms with Crippen molar-refractivity contribution < 1.29 is 14.5 Å². The van der Waals surface area contributed by atoms with Gasteiger partial charge in [-0.3, -0.25) is 19.5 Å². The minimum atomic E-state index is -0.529. The Morgan fingerprint density at radius 3 is 2.43 bits per heavy atom. The fourth-order valence-electron chi connectivity index (χ4n) is 6.24. The van der Waals surface area contributed by atoms with E-state index in [0.29, 0.717) is 65.7 Å². The summed E-state index contributed by atoms with van der Waals surface area (Å²) in [6.07, 6.45) is 6.92. The molecule has 46 heavy (non-hydrogen) atoms. The van der Waals surface area contributed by atoms with E-state index in [2.05, 4.69) is 20.2 Å². The van der Waals surface area contributed by atoms with E-state index in [4.69, 9.17) is 9.72 Å². The second kappa shape index (κ2) is 12.4. The third-order valence-corrected chi connectivity index (χ3v) is 8.53. The number of aryl methyl sites for hydroxylation is 1. The van der Waals surface area contributed by atoms with Crippen molar-refractivity contribution in [2.45, 2.75) is 65.0 Å². The number of anilines is 3.